The van der Waals surface area contributed by atoms with Crippen LogP contribution in [0.4, 0.5) is 0 Å². The molecule has 30 heavy (non-hydrogen) atoms. The van der Waals surface area contributed by atoms with Crippen molar-refractivity contribution in [1.82, 2.24) is 4.90 Å². The number of benzene rings is 2. The number of nitrogens with zero attached hydrogens (tertiary/aromatic N) is 1. The van der Waals surface area contributed by atoms with Crippen molar-refractivity contribution in [2.24, 2.45) is 0 Å². The molecule has 0 saturated heterocycles. The van der Waals surface area contributed by atoms with Crippen LogP contribution in [0.5, 0.6) is 23.0 Å². The second kappa shape index (κ2) is 12.6. The number of hydrogen-bond donors (Lipinski definition) is 0. The monoisotopic (exact) mass is 417 g/mol. The summed E-state index contributed by atoms with van der Waals surface area (Å²) in [6.45, 7) is 5.57. The molecule has 7 nitrogen and oxygen atoms in total. The van der Waals surface area contributed by atoms with E-state index in [1.807, 2.05) is 30.3 Å². The van der Waals surface area contributed by atoms with Gasteiger partial charge in [-0.15, -0.1) is 0 Å². The summed E-state index contributed by atoms with van der Waals surface area (Å²) < 4.78 is 27.0. The van der Waals surface area contributed by atoms with Gasteiger partial charge in [-0.1, -0.05) is 25.1 Å². The summed E-state index contributed by atoms with van der Waals surface area (Å²) in [6.07, 6.45) is 0.731. The first kappa shape index (κ1) is 23.3. The third-order valence-corrected chi connectivity index (χ3v) is 4.62. The van der Waals surface area contributed by atoms with Gasteiger partial charge in [0.15, 0.2) is 11.5 Å². The highest BCUT2D eigenvalue weighted by atomic mass is 16.5. The van der Waals surface area contributed by atoms with E-state index >= 15 is 0 Å². The van der Waals surface area contributed by atoms with Crippen molar-refractivity contribution < 1.29 is 28.5 Å². The zero-order valence-electron chi connectivity index (χ0n) is 18.2. The van der Waals surface area contributed by atoms with Crippen LogP contribution in [0.1, 0.15) is 23.7 Å². The van der Waals surface area contributed by atoms with Crippen molar-refractivity contribution in [2.45, 2.75) is 13.3 Å². The van der Waals surface area contributed by atoms with E-state index in [1.165, 1.54) is 21.3 Å². The molecular formula is C23H31NO6. The van der Waals surface area contributed by atoms with Gasteiger partial charge in [0.1, 0.15) is 12.4 Å². The van der Waals surface area contributed by atoms with E-state index in [9.17, 15) is 4.79 Å². The number of carbonyl (C=O) groups excluding carboxylic acids is 1. The molecule has 0 aliphatic rings. The van der Waals surface area contributed by atoms with Crippen molar-refractivity contribution in [3.05, 3.63) is 48.0 Å². The summed E-state index contributed by atoms with van der Waals surface area (Å²) in [4.78, 5) is 14.7. The van der Waals surface area contributed by atoms with Gasteiger partial charge in [0, 0.05) is 13.1 Å². The van der Waals surface area contributed by atoms with Gasteiger partial charge >= 0.3 is 5.97 Å². The van der Waals surface area contributed by atoms with Gasteiger partial charge in [-0.05, 0) is 37.2 Å². The van der Waals surface area contributed by atoms with E-state index in [0.29, 0.717) is 36.0 Å². The van der Waals surface area contributed by atoms with Crippen LogP contribution in [-0.4, -0.2) is 65.0 Å². The first-order valence-corrected chi connectivity index (χ1v) is 10.00. The van der Waals surface area contributed by atoms with Crippen molar-refractivity contribution in [1.29, 1.82) is 0 Å². The van der Waals surface area contributed by atoms with Crippen LogP contribution in [-0.2, 0) is 4.74 Å². The summed E-state index contributed by atoms with van der Waals surface area (Å²) >= 11 is 0. The van der Waals surface area contributed by atoms with Gasteiger partial charge in [0.25, 0.3) is 0 Å². The summed E-state index contributed by atoms with van der Waals surface area (Å²) in [5.74, 6) is 1.71. The minimum atomic E-state index is -0.426. The maximum absolute atomic E-state index is 12.4. The average molecular weight is 418 g/mol. The quantitative estimate of drug-likeness (QED) is 0.364. The number of hydrogen-bond acceptors (Lipinski definition) is 7. The third kappa shape index (κ3) is 6.84. The van der Waals surface area contributed by atoms with Crippen LogP contribution in [0.3, 0.4) is 0 Å². The van der Waals surface area contributed by atoms with Crippen LogP contribution < -0.4 is 18.9 Å². The fourth-order valence-electron chi connectivity index (χ4n) is 2.97. The van der Waals surface area contributed by atoms with Crippen LogP contribution in [0.15, 0.2) is 42.5 Å². The molecule has 164 valence electrons. The molecule has 0 spiro atoms. The smallest absolute Gasteiger partial charge is 0.338 e. The largest absolute Gasteiger partial charge is 0.493 e. The van der Waals surface area contributed by atoms with Crippen molar-refractivity contribution in [3.63, 3.8) is 0 Å². The molecule has 0 heterocycles. The molecule has 0 amide bonds. The molecule has 0 aliphatic heterocycles. The van der Waals surface area contributed by atoms with Gasteiger partial charge < -0.3 is 28.6 Å². The molecule has 0 atom stereocenters. The Morgan fingerprint density at radius 1 is 0.900 bits per heavy atom. The Kier molecular flexibility index (Phi) is 9.80. The molecule has 2 rings (SSSR count). The summed E-state index contributed by atoms with van der Waals surface area (Å²) in [7, 11) is 4.53. The van der Waals surface area contributed by atoms with E-state index in [2.05, 4.69) is 11.8 Å². The predicted octanol–water partition coefficient (Wildman–Crippen LogP) is 3.66. The number of methoxy groups -OCH3 is 3. The van der Waals surface area contributed by atoms with Crippen molar-refractivity contribution >= 4 is 5.97 Å². The molecule has 2 aromatic rings. The Balaban J connectivity index is 1.78. The predicted molar refractivity (Wildman–Crippen MR) is 115 cm³/mol. The van der Waals surface area contributed by atoms with Crippen molar-refractivity contribution in [3.8, 4) is 23.0 Å². The lowest BCUT2D eigenvalue weighted by Gasteiger charge is -2.20. The molecule has 0 bridgehead atoms. The van der Waals surface area contributed by atoms with Gasteiger partial charge in [0.05, 0.1) is 33.5 Å². The zero-order valence-corrected chi connectivity index (χ0v) is 18.2. The number of carbonyl (C=O) groups is 1. The number of para-hydroxylation sites is 1. The summed E-state index contributed by atoms with van der Waals surface area (Å²) in [6, 6.07) is 12.9. The SMILES string of the molecule is CCN(CCCOC(=O)c1cc(OC)c(OC)c(OC)c1)CCOc1ccccc1. The maximum Gasteiger partial charge on any atom is 0.338 e. The molecular weight excluding hydrogens is 386 g/mol. The third-order valence-electron chi connectivity index (χ3n) is 4.62. The molecule has 7 heteroatoms. The molecule has 0 aliphatic carbocycles. The zero-order chi connectivity index (χ0) is 21.8. The van der Waals surface area contributed by atoms with Crippen LogP contribution in [0, 0.1) is 0 Å². The van der Waals surface area contributed by atoms with Gasteiger partial charge in [0.2, 0.25) is 5.75 Å². The minimum absolute atomic E-state index is 0.325. The lowest BCUT2D eigenvalue weighted by molar-refractivity contribution is 0.0486. The fraction of sp³-hybridized carbons (Fsp3) is 0.435. The van der Waals surface area contributed by atoms with E-state index in [4.69, 9.17) is 23.7 Å². The Hall–Kier alpha value is -2.93. The first-order valence-electron chi connectivity index (χ1n) is 10.00. The Bertz CT molecular complexity index is 756. The number of rotatable bonds is 13. The standard InChI is InChI=1S/C23H31NO6/c1-5-24(13-15-29-19-10-7-6-8-11-19)12-9-14-30-23(25)18-16-20(26-2)22(28-4)21(17-18)27-3/h6-8,10-11,16-17H,5,9,12-15H2,1-4H3. The molecule has 0 fully saturated rings. The number of likely N-dealkylation sites (N-methyl/N-ethyl adjacent to an activating group) is 1. The molecule has 0 saturated carbocycles. The summed E-state index contributed by atoms with van der Waals surface area (Å²) in [5, 5.41) is 0. The molecule has 0 unspecified atom stereocenters. The lowest BCUT2D eigenvalue weighted by Crippen LogP contribution is -2.30. The lowest BCUT2D eigenvalue weighted by atomic mass is 10.2. The first-order chi connectivity index (χ1) is 14.6. The molecule has 2 aromatic carbocycles. The van der Waals surface area contributed by atoms with E-state index in [1.54, 1.807) is 12.1 Å². The Morgan fingerprint density at radius 2 is 1.57 bits per heavy atom. The van der Waals surface area contributed by atoms with E-state index in [0.717, 1.165) is 31.8 Å². The maximum atomic E-state index is 12.4. The summed E-state index contributed by atoms with van der Waals surface area (Å²) in [5.41, 5.74) is 0.355. The van der Waals surface area contributed by atoms with Gasteiger partial charge in [-0.25, -0.2) is 4.79 Å². The highest BCUT2D eigenvalue weighted by molar-refractivity contribution is 5.91. The van der Waals surface area contributed by atoms with Gasteiger partial charge in [-0.2, -0.15) is 0 Å². The van der Waals surface area contributed by atoms with Crippen LogP contribution >= 0.6 is 0 Å². The second-order valence-corrected chi connectivity index (χ2v) is 6.50. The Labute approximate surface area is 178 Å². The van der Waals surface area contributed by atoms with Gasteiger partial charge in [-0.3, -0.25) is 0 Å². The molecule has 0 N–H and O–H groups in total. The van der Waals surface area contributed by atoms with E-state index < -0.39 is 5.97 Å². The minimum Gasteiger partial charge on any atom is -0.493 e. The second-order valence-electron chi connectivity index (χ2n) is 6.50. The number of ether oxygens (including phenoxy) is 5. The fourth-order valence-corrected chi connectivity index (χ4v) is 2.97. The van der Waals surface area contributed by atoms with Crippen LogP contribution in [0.2, 0.25) is 0 Å². The normalized spacial score (nSPS) is 10.6. The average Bonchev–Trinajstić information content (AvgIpc) is 2.79. The highest BCUT2D eigenvalue weighted by Gasteiger charge is 2.18. The van der Waals surface area contributed by atoms with E-state index in [-0.39, 0.29) is 0 Å². The highest BCUT2D eigenvalue weighted by Crippen LogP contribution is 2.38. The Morgan fingerprint density at radius 3 is 2.13 bits per heavy atom. The topological polar surface area (TPSA) is 66.5 Å². The molecule has 0 radical (unpaired) electrons. The number of esters is 1. The van der Waals surface area contributed by atoms with Crippen molar-refractivity contribution in [2.75, 3.05) is 54.2 Å². The molecule has 0 aromatic heterocycles. The van der Waals surface area contributed by atoms with Crippen LogP contribution in [0.25, 0.3) is 0 Å².